The van der Waals surface area contributed by atoms with Gasteiger partial charge in [-0.25, -0.2) is 0 Å². The van der Waals surface area contributed by atoms with Crippen LogP contribution in [0.25, 0.3) is 0 Å². The summed E-state index contributed by atoms with van der Waals surface area (Å²) in [5.41, 5.74) is 0. The monoisotopic (exact) mass is 953 g/mol. The van der Waals surface area contributed by atoms with Crippen molar-refractivity contribution in [3.8, 4) is 0 Å². The van der Waals surface area contributed by atoms with E-state index in [-0.39, 0.29) is 44.0 Å². The van der Waals surface area contributed by atoms with Crippen molar-refractivity contribution in [3.63, 3.8) is 0 Å². The largest absolute Gasteiger partial charge is 0.462 e. The van der Waals surface area contributed by atoms with Crippen LogP contribution in [0.1, 0.15) is 226 Å². The van der Waals surface area contributed by atoms with E-state index in [1.54, 1.807) is 0 Å². The molecule has 0 fully saturated rings. The summed E-state index contributed by atoms with van der Waals surface area (Å²) in [7, 11) is 0. The van der Waals surface area contributed by atoms with Crippen LogP contribution in [0.2, 0.25) is 0 Å². The molecule has 0 aromatic rings. The molecule has 0 aliphatic rings. The third-order valence-electron chi connectivity index (χ3n) is 11.1. The molecule has 6 heteroatoms. The lowest BCUT2D eigenvalue weighted by molar-refractivity contribution is -0.167. The van der Waals surface area contributed by atoms with Crippen LogP contribution in [-0.4, -0.2) is 37.2 Å². The van der Waals surface area contributed by atoms with E-state index < -0.39 is 6.10 Å². The first-order valence-electron chi connectivity index (χ1n) is 27.7. The number of allylic oxidation sites excluding steroid dienone is 22. The molecule has 0 saturated carbocycles. The number of carbonyl (C=O) groups is 3. The van der Waals surface area contributed by atoms with Crippen LogP contribution in [0.5, 0.6) is 0 Å². The van der Waals surface area contributed by atoms with Gasteiger partial charge in [-0.05, 0) is 122 Å². The van der Waals surface area contributed by atoms with Crippen molar-refractivity contribution in [1.29, 1.82) is 0 Å². The van der Waals surface area contributed by atoms with E-state index in [4.69, 9.17) is 14.2 Å². The van der Waals surface area contributed by atoms with Gasteiger partial charge in [0.05, 0.1) is 0 Å². The maximum Gasteiger partial charge on any atom is 0.306 e. The fraction of sp³-hybridized carbons (Fsp3) is 0.603. The van der Waals surface area contributed by atoms with Gasteiger partial charge < -0.3 is 14.2 Å². The van der Waals surface area contributed by atoms with Crippen LogP contribution in [0.15, 0.2) is 134 Å². The summed E-state index contributed by atoms with van der Waals surface area (Å²) >= 11 is 0. The molecule has 0 heterocycles. The second-order valence-corrected chi connectivity index (χ2v) is 17.7. The van der Waals surface area contributed by atoms with Crippen molar-refractivity contribution >= 4 is 17.9 Å². The van der Waals surface area contributed by atoms with Gasteiger partial charge in [-0.2, -0.15) is 0 Å². The van der Waals surface area contributed by atoms with Crippen molar-refractivity contribution in [2.75, 3.05) is 13.2 Å². The molecule has 0 aromatic carbocycles. The molecule has 0 spiro atoms. The Balaban J connectivity index is 4.59. The summed E-state index contributed by atoms with van der Waals surface area (Å²) in [5.74, 6) is -1.05. The van der Waals surface area contributed by atoms with Crippen LogP contribution < -0.4 is 0 Å². The molecule has 388 valence electrons. The number of unbranched alkanes of at least 4 members (excludes halogenated alkanes) is 15. The summed E-state index contributed by atoms with van der Waals surface area (Å²) < 4.78 is 16.7. The lowest BCUT2D eigenvalue weighted by Gasteiger charge is -2.18. The predicted octanol–water partition coefficient (Wildman–Crippen LogP) is 18.6. The van der Waals surface area contributed by atoms with E-state index in [0.717, 1.165) is 96.3 Å². The van der Waals surface area contributed by atoms with E-state index >= 15 is 0 Å². The Hall–Kier alpha value is -4.45. The van der Waals surface area contributed by atoms with Gasteiger partial charge >= 0.3 is 17.9 Å². The lowest BCUT2D eigenvalue weighted by atomic mass is 10.1. The quantitative estimate of drug-likeness (QED) is 0.0262. The van der Waals surface area contributed by atoms with Gasteiger partial charge in [-0.3, -0.25) is 14.4 Å². The fourth-order valence-corrected chi connectivity index (χ4v) is 7.04. The Kier molecular flexibility index (Phi) is 52.5. The minimum Gasteiger partial charge on any atom is -0.462 e. The first-order chi connectivity index (χ1) is 34.0. The summed E-state index contributed by atoms with van der Waals surface area (Å²) in [6.45, 7) is 6.30. The number of carbonyl (C=O) groups excluding carboxylic acids is 3. The Morgan fingerprint density at radius 1 is 0.304 bits per heavy atom. The lowest BCUT2D eigenvalue weighted by Crippen LogP contribution is -2.30. The van der Waals surface area contributed by atoms with Crippen molar-refractivity contribution in [2.45, 2.75) is 232 Å². The molecule has 0 saturated heterocycles. The SMILES string of the molecule is CC/C=C/C/C=C/C/C=C/C/C=C/C/C=C/CCCC(=O)OC[C@@H](COC(=O)CCCCCCCCC/C=C/CCCCCCCC)OC(=O)CCC/C=C/C/C=C/C/C=C/C/C=C/C/C=C/CC. The van der Waals surface area contributed by atoms with Crippen LogP contribution >= 0.6 is 0 Å². The van der Waals surface area contributed by atoms with E-state index in [9.17, 15) is 14.4 Å². The van der Waals surface area contributed by atoms with E-state index in [2.05, 4.69) is 154 Å². The molecule has 0 amide bonds. The van der Waals surface area contributed by atoms with E-state index in [0.29, 0.717) is 19.3 Å². The number of hydrogen-bond acceptors (Lipinski definition) is 6. The molecular weight excluding hydrogens is 853 g/mol. The maximum absolute atomic E-state index is 12.8. The van der Waals surface area contributed by atoms with Gasteiger partial charge in [0.15, 0.2) is 6.10 Å². The molecule has 1 atom stereocenters. The van der Waals surface area contributed by atoms with Gasteiger partial charge in [0.25, 0.3) is 0 Å². The Morgan fingerprint density at radius 2 is 0.580 bits per heavy atom. The van der Waals surface area contributed by atoms with Crippen LogP contribution in [0.4, 0.5) is 0 Å². The van der Waals surface area contributed by atoms with Gasteiger partial charge in [0.1, 0.15) is 13.2 Å². The van der Waals surface area contributed by atoms with Gasteiger partial charge in [-0.1, -0.05) is 219 Å². The number of ether oxygens (including phenoxy) is 3. The Morgan fingerprint density at radius 3 is 0.957 bits per heavy atom. The first kappa shape index (κ1) is 64.5. The molecule has 0 aliphatic heterocycles. The molecule has 69 heavy (non-hydrogen) atoms. The van der Waals surface area contributed by atoms with Gasteiger partial charge in [0.2, 0.25) is 0 Å². The third-order valence-corrected chi connectivity index (χ3v) is 11.1. The second-order valence-electron chi connectivity index (χ2n) is 17.7. The Bertz CT molecular complexity index is 1510. The second kappa shape index (κ2) is 56.1. The summed E-state index contributed by atoms with van der Waals surface area (Å²) in [4.78, 5) is 38.1. The molecule has 0 aromatic heterocycles. The van der Waals surface area contributed by atoms with Crippen molar-refractivity contribution in [1.82, 2.24) is 0 Å². The highest BCUT2D eigenvalue weighted by Gasteiger charge is 2.19. The average Bonchev–Trinajstić information content (AvgIpc) is 3.35. The highest BCUT2D eigenvalue weighted by molar-refractivity contribution is 5.71. The summed E-state index contributed by atoms with van der Waals surface area (Å²) in [6, 6.07) is 0. The summed E-state index contributed by atoms with van der Waals surface area (Å²) in [6.07, 6.45) is 78.8. The zero-order valence-electron chi connectivity index (χ0n) is 44.3. The first-order valence-corrected chi connectivity index (χ1v) is 27.7. The molecule has 0 bridgehead atoms. The minimum atomic E-state index is -0.838. The maximum atomic E-state index is 12.8. The highest BCUT2D eigenvalue weighted by Crippen LogP contribution is 2.13. The molecule has 0 rings (SSSR count). The van der Waals surface area contributed by atoms with Crippen LogP contribution in [-0.2, 0) is 28.6 Å². The van der Waals surface area contributed by atoms with Gasteiger partial charge in [0, 0.05) is 19.3 Å². The molecule has 0 aliphatic carbocycles. The molecule has 0 N–H and O–H groups in total. The fourth-order valence-electron chi connectivity index (χ4n) is 7.04. The molecule has 0 unspecified atom stereocenters. The number of hydrogen-bond donors (Lipinski definition) is 0. The Labute approximate surface area is 424 Å². The van der Waals surface area contributed by atoms with Gasteiger partial charge in [-0.15, -0.1) is 0 Å². The molecule has 0 radical (unpaired) electrons. The standard InChI is InChI=1S/C63H100O6/c1-4-7-10-13-16-19-22-25-28-31-34-37-40-43-46-49-52-55-61(64)67-58-60(69-63(66)57-54-51-48-45-42-39-36-33-30-27-24-21-18-15-12-9-6-3)59-68-62(65)56-53-50-47-44-41-38-35-32-29-26-23-20-17-14-11-8-5-2/h7,9-10,12,16,18-19,21,25-30,34,36-37,39,43,45-46,48,60H,4-6,8,11,13-15,17,20,22-24,31-33,35,38,40-42,44,47,49-59H2,1-3H3/b10-7+,12-9+,19-16+,21-18+,28-25+,29-26+,30-27+,37-34+,39-36+,46-43+,48-45+/t60-/m0/s1. The minimum absolute atomic E-state index is 0.125. The third kappa shape index (κ3) is 54.4. The number of esters is 3. The zero-order chi connectivity index (χ0) is 50.0. The molecule has 6 nitrogen and oxygen atoms in total. The normalized spacial score (nSPS) is 13.1. The van der Waals surface area contributed by atoms with Crippen LogP contribution in [0, 0.1) is 0 Å². The van der Waals surface area contributed by atoms with Crippen molar-refractivity contribution in [3.05, 3.63) is 134 Å². The van der Waals surface area contributed by atoms with Crippen molar-refractivity contribution < 1.29 is 28.6 Å². The zero-order valence-corrected chi connectivity index (χ0v) is 44.3. The van der Waals surface area contributed by atoms with E-state index in [1.807, 2.05) is 0 Å². The average molecular weight is 953 g/mol. The highest BCUT2D eigenvalue weighted by atomic mass is 16.6. The van der Waals surface area contributed by atoms with E-state index in [1.165, 1.54) is 77.0 Å². The predicted molar refractivity (Wildman–Crippen MR) is 297 cm³/mol. The number of rotatable bonds is 48. The smallest absolute Gasteiger partial charge is 0.306 e. The topological polar surface area (TPSA) is 78.9 Å². The molecular formula is C63H100O6. The summed E-state index contributed by atoms with van der Waals surface area (Å²) in [5, 5.41) is 0. The van der Waals surface area contributed by atoms with Crippen molar-refractivity contribution in [2.24, 2.45) is 0 Å². The van der Waals surface area contributed by atoms with Crippen LogP contribution in [0.3, 0.4) is 0 Å².